The highest BCUT2D eigenvalue weighted by Gasteiger charge is 2.25. The Morgan fingerprint density at radius 1 is 1.53 bits per heavy atom. The van der Waals surface area contributed by atoms with Crippen LogP contribution in [0.4, 0.5) is 0 Å². The lowest BCUT2D eigenvalue weighted by Gasteiger charge is -2.35. The van der Waals surface area contributed by atoms with Crippen LogP contribution in [-0.2, 0) is 6.54 Å². The Kier molecular flexibility index (Phi) is 2.88. The van der Waals surface area contributed by atoms with Crippen molar-refractivity contribution in [2.24, 2.45) is 0 Å². The Balaban J connectivity index is 2.07. The van der Waals surface area contributed by atoms with Crippen molar-refractivity contribution in [3.05, 3.63) is 23.4 Å². The van der Waals surface area contributed by atoms with Gasteiger partial charge in [-0.15, -0.1) is 0 Å². The van der Waals surface area contributed by atoms with Gasteiger partial charge in [-0.25, -0.2) is 4.98 Å². The van der Waals surface area contributed by atoms with Gasteiger partial charge < -0.3 is 9.84 Å². The highest BCUT2D eigenvalue weighted by atomic mass is 16.5. The van der Waals surface area contributed by atoms with E-state index in [2.05, 4.69) is 9.88 Å². The van der Waals surface area contributed by atoms with Crippen LogP contribution >= 0.6 is 0 Å². The van der Waals surface area contributed by atoms with Gasteiger partial charge in [-0.05, 0) is 13.0 Å². The Labute approximate surface area is 89.5 Å². The summed E-state index contributed by atoms with van der Waals surface area (Å²) in [5, 5.41) is 9.18. The fourth-order valence-corrected chi connectivity index (χ4v) is 1.77. The number of methoxy groups -OCH3 is 1. The molecule has 0 saturated carbocycles. The van der Waals surface area contributed by atoms with Crippen LogP contribution in [-0.4, -0.2) is 41.3 Å². The Bertz CT molecular complexity index is 348. The van der Waals surface area contributed by atoms with Crippen LogP contribution in [0.15, 0.2) is 12.1 Å². The minimum Gasteiger partial charge on any atom is -0.481 e. The van der Waals surface area contributed by atoms with Crippen molar-refractivity contribution < 1.29 is 9.84 Å². The summed E-state index contributed by atoms with van der Waals surface area (Å²) >= 11 is 0. The minimum absolute atomic E-state index is 0.158. The normalized spacial score (nSPS) is 17.5. The molecule has 2 heterocycles. The first-order valence-corrected chi connectivity index (χ1v) is 5.10. The molecule has 0 amide bonds. The van der Waals surface area contributed by atoms with E-state index in [-0.39, 0.29) is 6.10 Å². The lowest BCUT2D eigenvalue weighted by molar-refractivity contribution is -0.00331. The second kappa shape index (κ2) is 4.16. The Morgan fingerprint density at radius 2 is 2.27 bits per heavy atom. The average molecular weight is 208 g/mol. The molecule has 1 aromatic rings. The molecule has 0 spiro atoms. The highest BCUT2D eigenvalue weighted by molar-refractivity contribution is 5.28. The molecule has 1 N–H and O–H groups in total. The van der Waals surface area contributed by atoms with E-state index in [1.54, 1.807) is 7.11 Å². The summed E-state index contributed by atoms with van der Waals surface area (Å²) in [4.78, 5) is 6.48. The topological polar surface area (TPSA) is 45.6 Å². The Morgan fingerprint density at radius 3 is 2.87 bits per heavy atom. The van der Waals surface area contributed by atoms with Gasteiger partial charge in [0.2, 0.25) is 5.88 Å². The average Bonchev–Trinajstić information content (AvgIpc) is 2.18. The number of ether oxygens (including phenoxy) is 1. The summed E-state index contributed by atoms with van der Waals surface area (Å²) in [5.41, 5.74) is 2.04. The summed E-state index contributed by atoms with van der Waals surface area (Å²) in [6, 6.07) is 4.01. The lowest BCUT2D eigenvalue weighted by Crippen LogP contribution is -2.49. The van der Waals surface area contributed by atoms with Gasteiger partial charge >= 0.3 is 0 Å². The number of aryl methyl sites for hydroxylation is 1. The molecule has 1 aromatic heterocycles. The van der Waals surface area contributed by atoms with E-state index in [1.807, 2.05) is 19.1 Å². The highest BCUT2D eigenvalue weighted by Crippen LogP contribution is 2.20. The summed E-state index contributed by atoms with van der Waals surface area (Å²) in [5.74, 6) is 0.691. The first-order valence-electron chi connectivity index (χ1n) is 5.10. The number of β-amino-alcohol motifs (C(OH)–C–C–N with tert-alkyl or cyclic N) is 1. The molecule has 0 bridgehead atoms. The summed E-state index contributed by atoms with van der Waals surface area (Å²) in [6.45, 7) is 4.24. The van der Waals surface area contributed by atoms with E-state index in [9.17, 15) is 5.11 Å². The van der Waals surface area contributed by atoms with Crippen LogP contribution in [0.25, 0.3) is 0 Å². The third-order valence-corrected chi connectivity index (χ3v) is 2.60. The zero-order valence-corrected chi connectivity index (χ0v) is 9.10. The van der Waals surface area contributed by atoms with Crippen LogP contribution in [0.2, 0.25) is 0 Å². The molecular weight excluding hydrogens is 192 g/mol. The van der Waals surface area contributed by atoms with Crippen molar-refractivity contribution in [1.29, 1.82) is 0 Å². The van der Waals surface area contributed by atoms with Crippen molar-refractivity contribution >= 4 is 0 Å². The van der Waals surface area contributed by atoms with Gasteiger partial charge in [-0.3, -0.25) is 4.90 Å². The SMILES string of the molecule is COc1nc(C)ccc1CN1CC(O)C1. The third kappa shape index (κ3) is 2.27. The van der Waals surface area contributed by atoms with Gasteiger partial charge in [0, 0.05) is 30.9 Å². The maximum Gasteiger partial charge on any atom is 0.217 e. The molecule has 2 rings (SSSR count). The lowest BCUT2D eigenvalue weighted by atomic mass is 10.1. The number of hydrogen-bond donors (Lipinski definition) is 1. The molecule has 0 atom stereocenters. The van der Waals surface area contributed by atoms with Crippen LogP contribution < -0.4 is 4.74 Å². The molecule has 1 saturated heterocycles. The van der Waals surface area contributed by atoms with Crippen LogP contribution in [0.1, 0.15) is 11.3 Å². The molecule has 4 nitrogen and oxygen atoms in total. The zero-order chi connectivity index (χ0) is 10.8. The largest absolute Gasteiger partial charge is 0.481 e. The number of likely N-dealkylation sites (tertiary alicyclic amines) is 1. The second-order valence-electron chi connectivity index (χ2n) is 3.97. The number of pyridine rings is 1. The molecule has 0 aromatic carbocycles. The number of nitrogens with zero attached hydrogens (tertiary/aromatic N) is 2. The summed E-state index contributed by atoms with van der Waals surface area (Å²) in [6.07, 6.45) is -0.158. The quantitative estimate of drug-likeness (QED) is 0.789. The fourth-order valence-electron chi connectivity index (χ4n) is 1.77. The van der Waals surface area contributed by atoms with Crippen LogP contribution in [0, 0.1) is 6.92 Å². The molecule has 1 aliphatic heterocycles. The summed E-state index contributed by atoms with van der Waals surface area (Å²) in [7, 11) is 1.64. The molecule has 0 unspecified atom stereocenters. The number of hydrogen-bond acceptors (Lipinski definition) is 4. The van der Waals surface area contributed by atoms with Crippen molar-refractivity contribution in [3.8, 4) is 5.88 Å². The maximum atomic E-state index is 9.18. The second-order valence-corrected chi connectivity index (χ2v) is 3.97. The zero-order valence-electron chi connectivity index (χ0n) is 9.10. The standard InChI is InChI=1S/C11H16N2O2/c1-8-3-4-9(11(12-8)15-2)5-13-6-10(14)7-13/h3-4,10,14H,5-7H2,1-2H3. The van der Waals surface area contributed by atoms with Crippen molar-refractivity contribution in [2.45, 2.75) is 19.6 Å². The molecule has 1 aliphatic rings. The van der Waals surface area contributed by atoms with Gasteiger partial charge in [0.15, 0.2) is 0 Å². The van der Waals surface area contributed by atoms with E-state index in [1.165, 1.54) is 0 Å². The molecule has 15 heavy (non-hydrogen) atoms. The van der Waals surface area contributed by atoms with Gasteiger partial charge in [0.25, 0.3) is 0 Å². The van der Waals surface area contributed by atoms with Gasteiger partial charge in [-0.1, -0.05) is 6.07 Å². The van der Waals surface area contributed by atoms with Crippen LogP contribution in [0.5, 0.6) is 5.88 Å². The van der Waals surface area contributed by atoms with E-state index < -0.39 is 0 Å². The van der Waals surface area contributed by atoms with Crippen LogP contribution in [0.3, 0.4) is 0 Å². The van der Waals surface area contributed by atoms with Gasteiger partial charge in [0.1, 0.15) is 0 Å². The van der Waals surface area contributed by atoms with E-state index in [0.29, 0.717) is 5.88 Å². The fraction of sp³-hybridized carbons (Fsp3) is 0.545. The number of aromatic nitrogens is 1. The molecule has 82 valence electrons. The van der Waals surface area contributed by atoms with Gasteiger partial charge in [0.05, 0.1) is 13.2 Å². The molecule has 0 radical (unpaired) electrons. The monoisotopic (exact) mass is 208 g/mol. The molecule has 0 aliphatic carbocycles. The maximum absolute atomic E-state index is 9.18. The number of aliphatic hydroxyl groups excluding tert-OH is 1. The van der Waals surface area contributed by atoms with Crippen molar-refractivity contribution in [3.63, 3.8) is 0 Å². The van der Waals surface area contributed by atoms with Crippen molar-refractivity contribution in [2.75, 3.05) is 20.2 Å². The number of rotatable bonds is 3. The predicted molar refractivity (Wildman–Crippen MR) is 56.8 cm³/mol. The van der Waals surface area contributed by atoms with E-state index in [4.69, 9.17) is 4.74 Å². The van der Waals surface area contributed by atoms with Crippen molar-refractivity contribution in [1.82, 2.24) is 9.88 Å². The summed E-state index contributed by atoms with van der Waals surface area (Å²) < 4.78 is 5.22. The Hall–Kier alpha value is -1.13. The first-order chi connectivity index (χ1) is 7.19. The minimum atomic E-state index is -0.158. The third-order valence-electron chi connectivity index (χ3n) is 2.60. The van der Waals surface area contributed by atoms with E-state index in [0.717, 1.165) is 30.9 Å². The van der Waals surface area contributed by atoms with Gasteiger partial charge in [-0.2, -0.15) is 0 Å². The predicted octanol–water partition coefficient (Wildman–Crippen LogP) is 0.575. The molecule has 4 heteroatoms. The number of aliphatic hydroxyl groups is 1. The first kappa shape index (κ1) is 10.4. The van der Waals surface area contributed by atoms with E-state index >= 15 is 0 Å². The smallest absolute Gasteiger partial charge is 0.217 e. The molecular formula is C11H16N2O2. The molecule has 1 fully saturated rings.